The molecule has 0 aromatic carbocycles. The molecule has 94 valence electrons. The van der Waals surface area contributed by atoms with Gasteiger partial charge in [-0.3, -0.25) is 0 Å². The van der Waals surface area contributed by atoms with Gasteiger partial charge < -0.3 is 9.64 Å². The van der Waals surface area contributed by atoms with Gasteiger partial charge in [0.1, 0.15) is 6.33 Å². The van der Waals surface area contributed by atoms with E-state index in [1.54, 1.807) is 7.11 Å². The Labute approximate surface area is 107 Å². The minimum absolute atomic E-state index is 0.380. The smallest absolute Gasteiger partial charge is 0.199 e. The fourth-order valence-electron chi connectivity index (χ4n) is 2.27. The molecule has 1 aliphatic heterocycles. The molecule has 4 nitrogen and oxygen atoms in total. The van der Waals surface area contributed by atoms with Gasteiger partial charge in [-0.25, -0.2) is 9.97 Å². The summed E-state index contributed by atoms with van der Waals surface area (Å²) in [5, 5.41) is 0.380. The first-order valence-corrected chi connectivity index (χ1v) is 6.30. The highest BCUT2D eigenvalue weighted by atomic mass is 35.5. The number of ether oxygens (including phenoxy) is 1. The molecule has 1 aromatic heterocycles. The summed E-state index contributed by atoms with van der Waals surface area (Å²) in [6, 6.07) is 0. The first-order chi connectivity index (χ1) is 8.13. The van der Waals surface area contributed by atoms with E-state index in [4.69, 9.17) is 16.3 Å². The van der Waals surface area contributed by atoms with E-state index >= 15 is 0 Å². The Morgan fingerprint density at radius 3 is 2.82 bits per heavy atom. The normalized spacial score (nSPS) is 20.1. The van der Waals surface area contributed by atoms with Crippen LogP contribution in [-0.2, 0) is 0 Å². The fourth-order valence-corrected chi connectivity index (χ4v) is 2.47. The Kier molecular flexibility index (Phi) is 3.72. The van der Waals surface area contributed by atoms with Crippen molar-refractivity contribution >= 4 is 17.4 Å². The third-order valence-corrected chi connectivity index (χ3v) is 3.68. The largest absolute Gasteiger partial charge is 0.490 e. The quantitative estimate of drug-likeness (QED) is 0.779. The number of rotatable bonds is 3. The van der Waals surface area contributed by atoms with Crippen molar-refractivity contribution in [2.45, 2.75) is 20.3 Å². The second-order valence-corrected chi connectivity index (χ2v) is 5.12. The van der Waals surface area contributed by atoms with Gasteiger partial charge >= 0.3 is 0 Å². The molecule has 2 heterocycles. The minimum Gasteiger partial charge on any atom is -0.490 e. The lowest BCUT2D eigenvalue weighted by atomic mass is 9.95. The van der Waals surface area contributed by atoms with Crippen molar-refractivity contribution in [1.29, 1.82) is 0 Å². The first-order valence-electron chi connectivity index (χ1n) is 5.93. The van der Waals surface area contributed by atoms with Gasteiger partial charge in [-0.1, -0.05) is 25.4 Å². The van der Waals surface area contributed by atoms with Crippen LogP contribution in [0.25, 0.3) is 0 Å². The summed E-state index contributed by atoms with van der Waals surface area (Å²) in [5.41, 5.74) is 0. The van der Waals surface area contributed by atoms with Crippen LogP contribution in [0.3, 0.4) is 0 Å². The van der Waals surface area contributed by atoms with Crippen LogP contribution < -0.4 is 9.64 Å². The summed E-state index contributed by atoms with van der Waals surface area (Å²) in [7, 11) is 1.60. The summed E-state index contributed by atoms with van der Waals surface area (Å²) < 4.78 is 5.29. The summed E-state index contributed by atoms with van der Waals surface area (Å²) in [6.45, 7) is 6.55. The second kappa shape index (κ2) is 5.08. The Balaban J connectivity index is 2.21. The van der Waals surface area contributed by atoms with Crippen molar-refractivity contribution in [3.63, 3.8) is 0 Å². The molecule has 17 heavy (non-hydrogen) atoms. The number of anilines is 1. The number of methoxy groups -OCH3 is 1. The zero-order chi connectivity index (χ0) is 12.4. The first kappa shape index (κ1) is 12.4. The van der Waals surface area contributed by atoms with Crippen LogP contribution in [0, 0.1) is 11.8 Å². The van der Waals surface area contributed by atoms with Gasteiger partial charge in [-0.15, -0.1) is 0 Å². The highest BCUT2D eigenvalue weighted by Gasteiger charge is 2.28. The molecular formula is C12H18ClN3O. The van der Waals surface area contributed by atoms with Crippen LogP contribution >= 0.6 is 11.6 Å². The lowest BCUT2D eigenvalue weighted by molar-refractivity contribution is 0.408. The molecule has 0 spiro atoms. The summed E-state index contributed by atoms with van der Waals surface area (Å²) >= 11 is 6.00. The van der Waals surface area contributed by atoms with Crippen LogP contribution in [0.15, 0.2) is 6.33 Å². The molecule has 0 radical (unpaired) electrons. The summed E-state index contributed by atoms with van der Waals surface area (Å²) in [4.78, 5) is 10.5. The van der Waals surface area contributed by atoms with Gasteiger partial charge in [0.2, 0.25) is 0 Å². The zero-order valence-electron chi connectivity index (χ0n) is 10.5. The number of hydrogen-bond acceptors (Lipinski definition) is 4. The highest BCUT2D eigenvalue weighted by Crippen LogP contribution is 2.35. The van der Waals surface area contributed by atoms with Gasteiger partial charge in [-0.2, -0.15) is 0 Å². The Morgan fingerprint density at radius 1 is 1.47 bits per heavy atom. The predicted octanol–water partition coefficient (Wildman–Crippen LogP) is 2.62. The van der Waals surface area contributed by atoms with Crippen molar-refractivity contribution < 1.29 is 4.74 Å². The number of hydrogen-bond donors (Lipinski definition) is 0. The molecule has 0 saturated carbocycles. The fraction of sp³-hybridized carbons (Fsp3) is 0.667. The van der Waals surface area contributed by atoms with E-state index in [1.807, 2.05) is 0 Å². The third-order valence-electron chi connectivity index (χ3n) is 3.41. The van der Waals surface area contributed by atoms with Gasteiger partial charge in [0.15, 0.2) is 16.7 Å². The van der Waals surface area contributed by atoms with E-state index in [-0.39, 0.29) is 0 Å². The molecule has 0 N–H and O–H groups in total. The SMILES string of the molecule is COc1c(Cl)ncnc1N1CCC(C(C)C)C1. The standard InChI is InChI=1S/C12H18ClN3O/c1-8(2)9-4-5-16(6-9)12-10(17-3)11(13)14-7-15-12/h7-9H,4-6H2,1-3H3. The number of halogens is 1. The van der Waals surface area contributed by atoms with Crippen LogP contribution in [0.1, 0.15) is 20.3 Å². The van der Waals surface area contributed by atoms with E-state index in [0.717, 1.165) is 18.9 Å². The van der Waals surface area contributed by atoms with Crippen LogP contribution in [0.5, 0.6) is 5.75 Å². The molecule has 5 heteroatoms. The lowest BCUT2D eigenvalue weighted by Crippen LogP contribution is -2.23. The number of aromatic nitrogens is 2. The zero-order valence-corrected chi connectivity index (χ0v) is 11.2. The van der Waals surface area contributed by atoms with E-state index in [9.17, 15) is 0 Å². The van der Waals surface area contributed by atoms with E-state index < -0.39 is 0 Å². The maximum absolute atomic E-state index is 6.00. The van der Waals surface area contributed by atoms with Crippen molar-refractivity contribution in [3.05, 3.63) is 11.5 Å². The number of nitrogens with zero attached hydrogens (tertiary/aromatic N) is 3. The van der Waals surface area contributed by atoms with Gasteiger partial charge in [-0.05, 0) is 18.3 Å². The Bertz CT molecular complexity index is 397. The van der Waals surface area contributed by atoms with Crippen LogP contribution in [0.2, 0.25) is 5.15 Å². The maximum Gasteiger partial charge on any atom is 0.199 e. The highest BCUT2D eigenvalue weighted by molar-refractivity contribution is 6.31. The summed E-state index contributed by atoms with van der Waals surface area (Å²) in [6.07, 6.45) is 2.69. The van der Waals surface area contributed by atoms with E-state index in [2.05, 4.69) is 28.7 Å². The van der Waals surface area contributed by atoms with E-state index in [0.29, 0.717) is 22.7 Å². The van der Waals surface area contributed by atoms with Gasteiger partial charge in [0.25, 0.3) is 0 Å². The van der Waals surface area contributed by atoms with Crippen LogP contribution in [-0.4, -0.2) is 30.2 Å². The Morgan fingerprint density at radius 2 is 2.24 bits per heavy atom. The molecule has 1 aliphatic rings. The molecule has 2 rings (SSSR count). The third kappa shape index (κ3) is 2.46. The average Bonchev–Trinajstić information content (AvgIpc) is 2.77. The maximum atomic E-state index is 6.00. The van der Waals surface area contributed by atoms with Crippen LogP contribution in [0.4, 0.5) is 5.82 Å². The average molecular weight is 256 g/mol. The molecule has 1 saturated heterocycles. The minimum atomic E-state index is 0.380. The Hall–Kier alpha value is -1.03. The molecule has 1 fully saturated rings. The molecular weight excluding hydrogens is 238 g/mol. The molecule has 0 amide bonds. The second-order valence-electron chi connectivity index (χ2n) is 4.76. The monoisotopic (exact) mass is 255 g/mol. The van der Waals surface area contributed by atoms with Gasteiger partial charge in [0, 0.05) is 13.1 Å². The molecule has 1 aromatic rings. The van der Waals surface area contributed by atoms with Crippen molar-refractivity contribution in [2.75, 3.05) is 25.1 Å². The van der Waals surface area contributed by atoms with Crippen molar-refractivity contribution in [3.8, 4) is 5.75 Å². The van der Waals surface area contributed by atoms with Crippen molar-refractivity contribution in [1.82, 2.24) is 9.97 Å². The predicted molar refractivity (Wildman–Crippen MR) is 68.8 cm³/mol. The van der Waals surface area contributed by atoms with Gasteiger partial charge in [0.05, 0.1) is 7.11 Å². The lowest BCUT2D eigenvalue weighted by Gasteiger charge is -2.20. The topological polar surface area (TPSA) is 38.3 Å². The molecule has 1 unspecified atom stereocenters. The molecule has 0 aliphatic carbocycles. The van der Waals surface area contributed by atoms with E-state index in [1.165, 1.54) is 12.7 Å². The van der Waals surface area contributed by atoms with Crippen molar-refractivity contribution in [2.24, 2.45) is 11.8 Å². The summed E-state index contributed by atoms with van der Waals surface area (Å²) in [5.74, 6) is 2.81. The molecule has 0 bridgehead atoms. The molecule has 1 atom stereocenters.